The Kier molecular flexibility index (Phi) is 6.17. The van der Waals surface area contributed by atoms with Crippen LogP contribution in [-0.4, -0.2) is 64.5 Å². The molecule has 0 aromatic carbocycles. The summed E-state index contributed by atoms with van der Waals surface area (Å²) in [5, 5.41) is 28.2. The zero-order valence-corrected chi connectivity index (χ0v) is 11.9. The number of hydrogen-bond acceptors (Lipinski definition) is 8. The standard InChI is InChI=1S/C9H13N3O5.H3O4P/c10-5-1-2-12(9(16)11-5)8-7(15)6(14)4(3-13)17-8;1-5(2,3)4/h1-2,4,6-8,13-15H,3H2,(H2,10,11,16);(H3,1,2,3,4)/t4-,6-,7+,8?;/m1./s1. The van der Waals surface area contributed by atoms with E-state index in [0.717, 1.165) is 4.57 Å². The van der Waals surface area contributed by atoms with Gasteiger partial charge >= 0.3 is 13.5 Å². The molecule has 1 aliphatic rings. The predicted octanol–water partition coefficient (Wildman–Crippen LogP) is -3.49. The molecule has 1 aromatic heterocycles. The fourth-order valence-corrected chi connectivity index (χ4v) is 1.73. The normalized spacial score (nSPS) is 28.1. The molecule has 0 spiro atoms. The van der Waals surface area contributed by atoms with Crippen LogP contribution in [0.3, 0.4) is 0 Å². The topological polar surface area (TPSA) is 209 Å². The third kappa shape index (κ3) is 5.12. The van der Waals surface area contributed by atoms with Gasteiger partial charge in [0, 0.05) is 6.20 Å². The van der Waals surface area contributed by atoms with E-state index in [1.54, 1.807) is 0 Å². The molecule has 126 valence electrons. The van der Waals surface area contributed by atoms with Crippen LogP contribution in [0.1, 0.15) is 6.23 Å². The van der Waals surface area contributed by atoms with Crippen LogP contribution in [-0.2, 0) is 9.30 Å². The molecule has 1 aromatic rings. The molecule has 1 aliphatic heterocycles. The Hall–Kier alpha value is -1.37. The van der Waals surface area contributed by atoms with Crippen molar-refractivity contribution in [2.75, 3.05) is 12.3 Å². The highest BCUT2D eigenvalue weighted by Gasteiger charge is 2.43. The summed E-state index contributed by atoms with van der Waals surface area (Å²) in [5.41, 5.74) is 4.63. The number of nitrogens with two attached hydrogens (primary N) is 1. The Morgan fingerprint density at radius 1 is 1.32 bits per heavy atom. The molecule has 0 bridgehead atoms. The highest BCUT2D eigenvalue weighted by atomic mass is 31.2. The number of ether oxygens (including phenoxy) is 1. The average molecular weight is 341 g/mol. The SMILES string of the molecule is Nc1ccn(C2O[C@H](CO)[C@@H](O)[C@@H]2O)c(=O)n1.O=P(O)(O)O. The van der Waals surface area contributed by atoms with E-state index < -0.39 is 44.7 Å². The first-order valence-electron chi connectivity index (χ1n) is 5.80. The first-order chi connectivity index (χ1) is 10.0. The van der Waals surface area contributed by atoms with Gasteiger partial charge in [0.1, 0.15) is 24.1 Å². The van der Waals surface area contributed by atoms with E-state index in [-0.39, 0.29) is 5.82 Å². The van der Waals surface area contributed by atoms with Crippen LogP contribution in [0.15, 0.2) is 17.1 Å². The molecule has 4 atom stereocenters. The summed E-state index contributed by atoms with van der Waals surface area (Å²) < 4.78 is 15.1. The first-order valence-corrected chi connectivity index (χ1v) is 7.36. The number of phosphoric acid groups is 1. The van der Waals surface area contributed by atoms with Crippen molar-refractivity contribution in [1.29, 1.82) is 0 Å². The fraction of sp³-hybridized carbons (Fsp3) is 0.556. The molecule has 0 amide bonds. The lowest BCUT2D eigenvalue weighted by atomic mass is 10.1. The number of nitrogen functional groups attached to an aromatic ring is 1. The predicted molar refractivity (Wildman–Crippen MR) is 70.2 cm³/mol. The van der Waals surface area contributed by atoms with Gasteiger partial charge in [-0.3, -0.25) is 4.57 Å². The van der Waals surface area contributed by atoms with Gasteiger partial charge in [-0.05, 0) is 6.07 Å². The van der Waals surface area contributed by atoms with Gasteiger partial charge in [0.15, 0.2) is 6.23 Å². The number of anilines is 1. The van der Waals surface area contributed by atoms with Crippen molar-refractivity contribution in [2.24, 2.45) is 0 Å². The summed E-state index contributed by atoms with van der Waals surface area (Å²) in [6.45, 7) is -0.453. The monoisotopic (exact) mass is 341 g/mol. The Morgan fingerprint density at radius 2 is 1.86 bits per heavy atom. The summed E-state index contributed by atoms with van der Waals surface area (Å²) in [4.78, 5) is 36.6. The maximum absolute atomic E-state index is 11.5. The van der Waals surface area contributed by atoms with Crippen LogP contribution in [0.25, 0.3) is 0 Å². The average Bonchev–Trinajstić information content (AvgIpc) is 2.64. The van der Waals surface area contributed by atoms with Crippen LogP contribution in [0.2, 0.25) is 0 Å². The van der Waals surface area contributed by atoms with E-state index in [2.05, 4.69) is 4.98 Å². The van der Waals surface area contributed by atoms with E-state index in [0.29, 0.717) is 0 Å². The second-order valence-corrected chi connectivity index (χ2v) is 5.31. The lowest BCUT2D eigenvalue weighted by Crippen LogP contribution is -2.36. The van der Waals surface area contributed by atoms with Crippen LogP contribution >= 0.6 is 7.82 Å². The quantitative estimate of drug-likeness (QED) is 0.262. The van der Waals surface area contributed by atoms with Crippen LogP contribution in [0, 0.1) is 0 Å². The minimum atomic E-state index is -4.64. The Bertz CT molecular complexity index is 594. The van der Waals surface area contributed by atoms with Gasteiger partial charge in [0.05, 0.1) is 6.61 Å². The highest BCUT2D eigenvalue weighted by molar-refractivity contribution is 7.45. The van der Waals surface area contributed by atoms with Gasteiger partial charge in [-0.25, -0.2) is 9.36 Å². The van der Waals surface area contributed by atoms with Crippen molar-refractivity contribution in [2.45, 2.75) is 24.5 Å². The molecule has 22 heavy (non-hydrogen) atoms. The van der Waals surface area contributed by atoms with Crippen molar-refractivity contribution in [3.8, 4) is 0 Å². The zero-order chi connectivity index (χ0) is 17.1. The van der Waals surface area contributed by atoms with Gasteiger partial charge in [-0.1, -0.05) is 0 Å². The smallest absolute Gasteiger partial charge is 0.394 e. The van der Waals surface area contributed by atoms with Crippen LogP contribution in [0.4, 0.5) is 5.82 Å². The molecule has 0 aliphatic carbocycles. The molecular weight excluding hydrogens is 325 g/mol. The van der Waals surface area contributed by atoms with E-state index in [4.69, 9.17) is 34.8 Å². The van der Waals surface area contributed by atoms with Gasteiger partial charge in [-0.15, -0.1) is 0 Å². The van der Waals surface area contributed by atoms with Gasteiger partial charge in [0.25, 0.3) is 0 Å². The maximum Gasteiger partial charge on any atom is 0.466 e. The highest BCUT2D eigenvalue weighted by Crippen LogP contribution is 2.28. The molecule has 0 saturated carbocycles. The van der Waals surface area contributed by atoms with Crippen LogP contribution < -0.4 is 11.4 Å². The van der Waals surface area contributed by atoms with E-state index >= 15 is 0 Å². The molecule has 2 heterocycles. The molecular formula is C9H16N3O9P. The minimum Gasteiger partial charge on any atom is -0.394 e. The maximum atomic E-state index is 11.5. The third-order valence-corrected chi connectivity index (χ3v) is 2.64. The zero-order valence-electron chi connectivity index (χ0n) is 11.0. The van der Waals surface area contributed by atoms with Crippen molar-refractivity contribution >= 4 is 13.6 Å². The Morgan fingerprint density at radius 3 is 2.27 bits per heavy atom. The van der Waals surface area contributed by atoms with Gasteiger partial charge < -0.3 is 40.5 Å². The molecule has 1 saturated heterocycles. The molecule has 0 radical (unpaired) electrons. The van der Waals surface area contributed by atoms with Crippen molar-refractivity contribution in [3.63, 3.8) is 0 Å². The first kappa shape index (κ1) is 18.7. The van der Waals surface area contributed by atoms with E-state index in [9.17, 15) is 15.0 Å². The largest absolute Gasteiger partial charge is 0.466 e. The van der Waals surface area contributed by atoms with Crippen molar-refractivity contribution < 1.29 is 39.3 Å². The Labute approximate surface area is 123 Å². The number of aromatic nitrogens is 2. The van der Waals surface area contributed by atoms with Crippen molar-refractivity contribution in [3.05, 3.63) is 22.7 Å². The van der Waals surface area contributed by atoms with E-state index in [1.165, 1.54) is 12.3 Å². The van der Waals surface area contributed by atoms with Gasteiger partial charge in [-0.2, -0.15) is 4.98 Å². The summed E-state index contributed by atoms with van der Waals surface area (Å²) in [5.74, 6) is 0.0537. The fourth-order valence-electron chi connectivity index (χ4n) is 1.73. The van der Waals surface area contributed by atoms with Gasteiger partial charge in [0.2, 0.25) is 0 Å². The third-order valence-electron chi connectivity index (χ3n) is 2.64. The summed E-state index contributed by atoms with van der Waals surface area (Å²) in [7, 11) is -4.64. The number of rotatable bonds is 2. The molecule has 13 heteroatoms. The summed E-state index contributed by atoms with van der Waals surface area (Å²) in [6, 6.07) is 1.37. The second-order valence-electron chi connectivity index (χ2n) is 4.28. The summed E-state index contributed by atoms with van der Waals surface area (Å²) in [6.07, 6.45) is -3.27. The Balaban J connectivity index is 0.000000422. The molecule has 1 unspecified atom stereocenters. The minimum absolute atomic E-state index is 0.0537. The van der Waals surface area contributed by atoms with Crippen LogP contribution in [0.5, 0.6) is 0 Å². The molecule has 8 N–H and O–H groups in total. The summed E-state index contributed by atoms with van der Waals surface area (Å²) >= 11 is 0. The number of hydrogen-bond donors (Lipinski definition) is 7. The molecule has 2 rings (SSSR count). The number of aliphatic hydroxyl groups excluding tert-OH is 3. The molecule has 12 nitrogen and oxygen atoms in total. The second kappa shape index (κ2) is 7.26. The number of aliphatic hydroxyl groups is 3. The lowest BCUT2D eigenvalue weighted by molar-refractivity contribution is -0.0549. The number of nitrogens with zero attached hydrogens (tertiary/aromatic N) is 2. The lowest BCUT2D eigenvalue weighted by Gasteiger charge is -2.16. The van der Waals surface area contributed by atoms with E-state index in [1.807, 2.05) is 0 Å². The molecule has 1 fully saturated rings. The van der Waals surface area contributed by atoms with Crippen molar-refractivity contribution in [1.82, 2.24) is 9.55 Å².